The average molecular weight is 333 g/mol. The molecule has 0 bridgehead atoms. The van der Waals surface area contributed by atoms with E-state index in [1.807, 2.05) is 52.0 Å². The van der Waals surface area contributed by atoms with Gasteiger partial charge in [-0.2, -0.15) is 0 Å². The molecule has 1 fully saturated rings. The van der Waals surface area contributed by atoms with Crippen LogP contribution in [0.15, 0.2) is 24.3 Å². The van der Waals surface area contributed by atoms with Crippen LogP contribution in [0.1, 0.15) is 44.7 Å². The van der Waals surface area contributed by atoms with Crippen molar-refractivity contribution in [3.63, 3.8) is 0 Å². The van der Waals surface area contributed by atoms with Gasteiger partial charge in [-0.25, -0.2) is 4.79 Å². The van der Waals surface area contributed by atoms with Crippen molar-refractivity contribution in [1.82, 2.24) is 4.90 Å². The highest BCUT2D eigenvalue weighted by Crippen LogP contribution is 2.35. The highest BCUT2D eigenvalue weighted by molar-refractivity contribution is 5.77. The molecule has 0 spiro atoms. The van der Waals surface area contributed by atoms with Gasteiger partial charge in [0.2, 0.25) is 0 Å². The molecule has 1 atom stereocenters. The van der Waals surface area contributed by atoms with Crippen LogP contribution < -0.4 is 0 Å². The molecule has 5 nitrogen and oxygen atoms in total. The summed E-state index contributed by atoms with van der Waals surface area (Å²) in [6.45, 7) is 8.16. The molecule has 1 saturated heterocycles. The van der Waals surface area contributed by atoms with E-state index in [-0.39, 0.29) is 6.54 Å². The topological polar surface area (TPSA) is 66.8 Å². The summed E-state index contributed by atoms with van der Waals surface area (Å²) in [5.74, 6) is -0.851. The van der Waals surface area contributed by atoms with Crippen molar-refractivity contribution in [2.75, 3.05) is 13.1 Å². The van der Waals surface area contributed by atoms with Crippen LogP contribution in [0, 0.1) is 12.3 Å². The smallest absolute Gasteiger partial charge is 0.410 e. The summed E-state index contributed by atoms with van der Waals surface area (Å²) in [6.07, 6.45) is 1.21. The predicted molar refractivity (Wildman–Crippen MR) is 92.0 cm³/mol. The highest BCUT2D eigenvalue weighted by atomic mass is 16.6. The van der Waals surface area contributed by atoms with Crippen LogP contribution in [0.4, 0.5) is 4.79 Å². The molecule has 0 aliphatic carbocycles. The fraction of sp³-hybridized carbons (Fsp3) is 0.579. The molecule has 0 aromatic heterocycles. The molecule has 1 aromatic carbocycles. The van der Waals surface area contributed by atoms with E-state index in [2.05, 4.69) is 0 Å². The molecule has 0 radical (unpaired) electrons. The van der Waals surface area contributed by atoms with Crippen molar-refractivity contribution in [2.45, 2.75) is 52.6 Å². The lowest BCUT2D eigenvalue weighted by atomic mass is 9.75. The van der Waals surface area contributed by atoms with Gasteiger partial charge < -0.3 is 14.7 Å². The minimum absolute atomic E-state index is 0.186. The van der Waals surface area contributed by atoms with Gasteiger partial charge in [0.25, 0.3) is 0 Å². The fourth-order valence-electron chi connectivity index (χ4n) is 3.11. The van der Waals surface area contributed by atoms with E-state index >= 15 is 0 Å². The summed E-state index contributed by atoms with van der Waals surface area (Å²) in [5, 5.41) is 9.86. The number of carbonyl (C=O) groups is 2. The van der Waals surface area contributed by atoms with Gasteiger partial charge in [-0.15, -0.1) is 0 Å². The molecule has 24 heavy (non-hydrogen) atoms. The van der Waals surface area contributed by atoms with Crippen molar-refractivity contribution in [2.24, 2.45) is 5.41 Å². The van der Waals surface area contributed by atoms with Gasteiger partial charge in [-0.1, -0.05) is 29.8 Å². The van der Waals surface area contributed by atoms with E-state index in [1.165, 1.54) is 4.90 Å². The highest BCUT2D eigenvalue weighted by Gasteiger charge is 2.44. The lowest BCUT2D eigenvalue weighted by Crippen LogP contribution is -2.52. The SMILES string of the molecule is Cc1ccc(C[C@@]2(C(=O)O)CCCN(C(=O)OC(C)(C)C)C2)cc1. The van der Waals surface area contributed by atoms with Crippen molar-refractivity contribution in [3.8, 4) is 0 Å². The number of ether oxygens (including phenoxy) is 1. The third-order valence-corrected chi connectivity index (χ3v) is 4.35. The number of carbonyl (C=O) groups excluding carboxylic acids is 1. The summed E-state index contributed by atoms with van der Waals surface area (Å²) >= 11 is 0. The number of aryl methyl sites for hydroxylation is 1. The Morgan fingerprint density at radius 2 is 1.88 bits per heavy atom. The first-order chi connectivity index (χ1) is 11.1. The number of hydrogen-bond acceptors (Lipinski definition) is 3. The second kappa shape index (κ2) is 6.83. The Kier molecular flexibility index (Phi) is 5.21. The van der Waals surface area contributed by atoms with Gasteiger partial charge >= 0.3 is 12.1 Å². The zero-order valence-corrected chi connectivity index (χ0v) is 15.0. The number of carboxylic acids is 1. The first-order valence-electron chi connectivity index (χ1n) is 8.38. The number of amides is 1. The number of likely N-dealkylation sites (tertiary alicyclic amines) is 1. The van der Waals surface area contributed by atoms with Crippen molar-refractivity contribution >= 4 is 12.1 Å². The van der Waals surface area contributed by atoms with Crippen molar-refractivity contribution < 1.29 is 19.4 Å². The van der Waals surface area contributed by atoms with Crippen LogP contribution in [0.2, 0.25) is 0 Å². The van der Waals surface area contributed by atoms with Crippen molar-refractivity contribution in [3.05, 3.63) is 35.4 Å². The number of carboxylic acid groups (broad SMARTS) is 1. The maximum atomic E-state index is 12.3. The van der Waals surface area contributed by atoms with E-state index in [0.29, 0.717) is 25.8 Å². The van der Waals surface area contributed by atoms with Gasteiger partial charge in [0.15, 0.2) is 0 Å². The number of rotatable bonds is 3. The van der Waals surface area contributed by atoms with Crippen LogP contribution in [-0.4, -0.2) is 40.8 Å². The van der Waals surface area contributed by atoms with Gasteiger partial charge in [0.1, 0.15) is 5.60 Å². The number of piperidine rings is 1. The van der Waals surface area contributed by atoms with Gasteiger partial charge in [-0.05, 0) is 52.5 Å². The Balaban J connectivity index is 2.18. The van der Waals surface area contributed by atoms with Crippen LogP contribution in [-0.2, 0) is 16.0 Å². The van der Waals surface area contributed by atoms with E-state index in [4.69, 9.17) is 4.74 Å². The monoisotopic (exact) mass is 333 g/mol. The minimum Gasteiger partial charge on any atom is -0.481 e. The maximum absolute atomic E-state index is 12.3. The molecule has 0 saturated carbocycles. The van der Waals surface area contributed by atoms with E-state index < -0.39 is 23.1 Å². The largest absolute Gasteiger partial charge is 0.481 e. The van der Waals surface area contributed by atoms with Crippen LogP contribution in [0.3, 0.4) is 0 Å². The molecule has 2 rings (SSSR count). The number of hydrogen-bond donors (Lipinski definition) is 1. The van der Waals surface area contributed by atoms with E-state index in [9.17, 15) is 14.7 Å². The molecule has 132 valence electrons. The van der Waals surface area contributed by atoms with E-state index in [1.54, 1.807) is 0 Å². The quantitative estimate of drug-likeness (QED) is 0.917. The lowest BCUT2D eigenvalue weighted by molar-refractivity contribution is -0.152. The molecule has 1 aromatic rings. The third kappa shape index (κ3) is 4.49. The van der Waals surface area contributed by atoms with Crippen molar-refractivity contribution in [1.29, 1.82) is 0 Å². The summed E-state index contributed by atoms with van der Waals surface area (Å²) in [4.78, 5) is 25.9. The zero-order valence-electron chi connectivity index (χ0n) is 15.0. The molecule has 1 aliphatic heterocycles. The summed E-state index contributed by atoms with van der Waals surface area (Å²) in [5.41, 5.74) is 0.582. The predicted octanol–water partition coefficient (Wildman–Crippen LogP) is 3.64. The van der Waals surface area contributed by atoms with Gasteiger partial charge in [-0.3, -0.25) is 4.79 Å². The molecular formula is C19H27NO4. The van der Waals surface area contributed by atoms with E-state index in [0.717, 1.165) is 11.1 Å². The fourth-order valence-corrected chi connectivity index (χ4v) is 3.11. The Morgan fingerprint density at radius 3 is 2.42 bits per heavy atom. The Bertz CT molecular complexity index is 603. The molecule has 1 aliphatic rings. The molecule has 1 N–H and O–H groups in total. The van der Waals surface area contributed by atoms with Crippen LogP contribution in [0.5, 0.6) is 0 Å². The normalized spacial score (nSPS) is 21.4. The molecule has 0 unspecified atom stereocenters. The Morgan fingerprint density at radius 1 is 1.25 bits per heavy atom. The second-order valence-electron chi connectivity index (χ2n) is 7.75. The summed E-state index contributed by atoms with van der Waals surface area (Å²) in [7, 11) is 0. The maximum Gasteiger partial charge on any atom is 0.410 e. The Hall–Kier alpha value is -2.04. The number of nitrogens with zero attached hydrogens (tertiary/aromatic N) is 1. The lowest BCUT2D eigenvalue weighted by Gasteiger charge is -2.40. The standard InChI is InChI=1S/C19H27NO4/c1-14-6-8-15(9-7-14)12-19(16(21)22)10-5-11-20(13-19)17(23)24-18(2,3)4/h6-9H,5,10-13H2,1-4H3,(H,21,22)/t19-/m0/s1. The molecule has 5 heteroatoms. The molecule has 1 heterocycles. The summed E-state index contributed by atoms with van der Waals surface area (Å²) < 4.78 is 5.41. The van der Waals surface area contributed by atoms with Gasteiger partial charge in [0, 0.05) is 13.1 Å². The second-order valence-corrected chi connectivity index (χ2v) is 7.75. The first kappa shape index (κ1) is 18.3. The van der Waals surface area contributed by atoms with Crippen LogP contribution in [0.25, 0.3) is 0 Å². The van der Waals surface area contributed by atoms with Crippen LogP contribution >= 0.6 is 0 Å². The zero-order chi connectivity index (χ0) is 18.0. The van der Waals surface area contributed by atoms with Gasteiger partial charge in [0.05, 0.1) is 5.41 Å². The minimum atomic E-state index is -0.954. The molecule has 1 amide bonds. The number of aliphatic carboxylic acids is 1. The third-order valence-electron chi connectivity index (χ3n) is 4.35. The average Bonchev–Trinajstić information content (AvgIpc) is 2.48. The Labute approximate surface area is 143 Å². The summed E-state index contributed by atoms with van der Waals surface area (Å²) in [6, 6.07) is 7.90. The molecular weight excluding hydrogens is 306 g/mol. The first-order valence-corrected chi connectivity index (χ1v) is 8.38. The number of benzene rings is 1.